The number of esters is 1. The predicted octanol–water partition coefficient (Wildman–Crippen LogP) is 5.68. The van der Waals surface area contributed by atoms with Crippen LogP contribution in [0.25, 0.3) is 0 Å². The summed E-state index contributed by atoms with van der Waals surface area (Å²) in [5, 5.41) is 0.994. The molecule has 0 radical (unpaired) electrons. The Bertz CT molecular complexity index is 831. The average molecular weight is 447 g/mol. The Morgan fingerprint density at radius 3 is 2.72 bits per heavy atom. The number of anilines is 1. The molecule has 0 N–H and O–H groups in total. The third-order valence-electron chi connectivity index (χ3n) is 4.41. The number of carbonyl (C=O) groups excluding carboxylic acids is 1. The summed E-state index contributed by atoms with van der Waals surface area (Å²) in [7, 11) is 1.24. The van der Waals surface area contributed by atoms with Gasteiger partial charge in [0.05, 0.1) is 17.2 Å². The first kappa shape index (κ1) is 18.5. The summed E-state index contributed by atoms with van der Waals surface area (Å²) in [5.41, 5.74) is 1.40. The Morgan fingerprint density at radius 1 is 1.28 bits per heavy atom. The summed E-state index contributed by atoms with van der Waals surface area (Å²) in [5.74, 6) is -1.24. The van der Waals surface area contributed by atoms with Gasteiger partial charge in [0, 0.05) is 29.2 Å². The number of hydrogen-bond acceptors (Lipinski definition) is 3. The molecule has 1 unspecified atom stereocenters. The number of halogens is 4. The lowest BCUT2D eigenvalue weighted by molar-refractivity contribution is 0.0594. The summed E-state index contributed by atoms with van der Waals surface area (Å²) in [4.78, 5) is 14.0. The summed E-state index contributed by atoms with van der Waals surface area (Å²) in [6.45, 7) is 1.41. The molecule has 132 valence electrons. The molecule has 7 heteroatoms. The van der Waals surface area contributed by atoms with E-state index in [-0.39, 0.29) is 11.5 Å². The molecule has 0 bridgehead atoms. The number of ether oxygens (including phenoxy) is 1. The van der Waals surface area contributed by atoms with E-state index >= 15 is 0 Å². The molecule has 25 heavy (non-hydrogen) atoms. The number of methoxy groups -OCH3 is 1. The van der Waals surface area contributed by atoms with Crippen molar-refractivity contribution in [2.45, 2.75) is 12.3 Å². The van der Waals surface area contributed by atoms with Gasteiger partial charge in [-0.05, 0) is 52.2 Å². The van der Waals surface area contributed by atoms with E-state index in [4.69, 9.17) is 23.2 Å². The van der Waals surface area contributed by atoms with Gasteiger partial charge >= 0.3 is 5.97 Å². The third-order valence-corrected chi connectivity index (χ3v) is 5.81. The molecular formula is C18H15BrCl2FNO2. The van der Waals surface area contributed by atoms with E-state index in [1.807, 2.05) is 12.1 Å². The van der Waals surface area contributed by atoms with E-state index in [1.165, 1.54) is 7.11 Å². The highest BCUT2D eigenvalue weighted by Crippen LogP contribution is 2.36. The van der Waals surface area contributed by atoms with E-state index in [0.717, 1.165) is 18.7 Å². The van der Waals surface area contributed by atoms with Crippen LogP contribution >= 0.6 is 39.1 Å². The maximum atomic E-state index is 14.9. The normalized spacial score (nSPS) is 17.0. The second-order valence-electron chi connectivity index (χ2n) is 5.85. The smallest absolute Gasteiger partial charge is 0.342 e. The van der Waals surface area contributed by atoms with Crippen molar-refractivity contribution in [3.05, 3.63) is 61.8 Å². The molecule has 2 aromatic rings. The van der Waals surface area contributed by atoms with Crippen molar-refractivity contribution in [1.82, 2.24) is 0 Å². The first-order chi connectivity index (χ1) is 11.9. The molecular weight excluding hydrogens is 432 g/mol. The molecule has 1 heterocycles. The van der Waals surface area contributed by atoms with Gasteiger partial charge in [-0.3, -0.25) is 0 Å². The number of rotatable bonds is 3. The van der Waals surface area contributed by atoms with Gasteiger partial charge < -0.3 is 9.64 Å². The van der Waals surface area contributed by atoms with Gasteiger partial charge in [-0.1, -0.05) is 29.3 Å². The summed E-state index contributed by atoms with van der Waals surface area (Å²) in [6.07, 6.45) is 0.777. The van der Waals surface area contributed by atoms with Gasteiger partial charge in [0.1, 0.15) is 11.4 Å². The maximum Gasteiger partial charge on any atom is 0.342 e. The first-order valence-corrected chi connectivity index (χ1v) is 9.23. The van der Waals surface area contributed by atoms with Crippen LogP contribution in [0.15, 0.2) is 34.8 Å². The van der Waals surface area contributed by atoms with Crippen LogP contribution in [0, 0.1) is 5.82 Å². The van der Waals surface area contributed by atoms with Crippen LogP contribution in [0.4, 0.5) is 10.1 Å². The van der Waals surface area contributed by atoms with Crippen LogP contribution in [0.5, 0.6) is 0 Å². The zero-order valence-corrected chi connectivity index (χ0v) is 16.5. The highest BCUT2D eigenvalue weighted by Gasteiger charge is 2.29. The van der Waals surface area contributed by atoms with Crippen LogP contribution in [0.1, 0.15) is 28.3 Å². The molecule has 3 nitrogen and oxygen atoms in total. The maximum absolute atomic E-state index is 14.9. The van der Waals surface area contributed by atoms with Crippen LogP contribution in [-0.4, -0.2) is 26.2 Å². The molecule has 1 atom stereocenters. The van der Waals surface area contributed by atoms with Crippen molar-refractivity contribution < 1.29 is 13.9 Å². The van der Waals surface area contributed by atoms with Gasteiger partial charge in [-0.2, -0.15) is 0 Å². The lowest BCUT2D eigenvalue weighted by atomic mass is 9.95. The number of benzene rings is 2. The highest BCUT2D eigenvalue weighted by molar-refractivity contribution is 9.10. The molecule has 0 amide bonds. The largest absolute Gasteiger partial charge is 0.465 e. The molecule has 0 saturated carbocycles. The van der Waals surface area contributed by atoms with Crippen LogP contribution in [-0.2, 0) is 4.74 Å². The minimum Gasteiger partial charge on any atom is -0.465 e. The quantitative estimate of drug-likeness (QED) is 0.568. The molecule has 0 aliphatic carbocycles. The Kier molecular flexibility index (Phi) is 5.56. The topological polar surface area (TPSA) is 29.5 Å². The van der Waals surface area contributed by atoms with Crippen molar-refractivity contribution in [3.8, 4) is 0 Å². The molecule has 0 spiro atoms. The highest BCUT2D eigenvalue weighted by atomic mass is 79.9. The first-order valence-electron chi connectivity index (χ1n) is 7.68. The third kappa shape index (κ3) is 3.64. The van der Waals surface area contributed by atoms with Crippen molar-refractivity contribution in [1.29, 1.82) is 0 Å². The molecule has 0 aromatic heterocycles. The fourth-order valence-electron chi connectivity index (χ4n) is 3.10. The molecule has 1 aliphatic rings. The number of hydrogen-bond donors (Lipinski definition) is 0. The Balaban J connectivity index is 1.87. The average Bonchev–Trinajstić information content (AvgIpc) is 3.07. The SMILES string of the molecule is COC(=O)c1c(Br)ccc(C2CCN(c3ccc(Cl)c(Cl)c3)C2)c1F. The number of nitrogens with zero attached hydrogens (tertiary/aromatic N) is 1. The van der Waals surface area contributed by atoms with Gasteiger partial charge in [-0.25, -0.2) is 9.18 Å². The Hall–Kier alpha value is -1.30. The second kappa shape index (κ2) is 7.52. The van der Waals surface area contributed by atoms with Crippen LogP contribution < -0.4 is 4.90 Å². The molecule has 2 aromatic carbocycles. The van der Waals surface area contributed by atoms with Crippen molar-refractivity contribution in [2.24, 2.45) is 0 Å². The monoisotopic (exact) mass is 445 g/mol. The lowest BCUT2D eigenvalue weighted by Crippen LogP contribution is -2.19. The summed E-state index contributed by atoms with van der Waals surface area (Å²) >= 11 is 15.3. The fourth-order valence-corrected chi connectivity index (χ4v) is 3.86. The van der Waals surface area contributed by atoms with Gasteiger partial charge in [0.15, 0.2) is 0 Å². The Morgan fingerprint density at radius 2 is 2.04 bits per heavy atom. The van der Waals surface area contributed by atoms with Crippen molar-refractivity contribution in [2.75, 3.05) is 25.1 Å². The minimum atomic E-state index is -0.689. The molecule has 1 fully saturated rings. The zero-order valence-electron chi connectivity index (χ0n) is 13.4. The van der Waals surface area contributed by atoms with Crippen molar-refractivity contribution >= 4 is 50.8 Å². The number of carbonyl (C=O) groups is 1. The van der Waals surface area contributed by atoms with Crippen LogP contribution in [0.3, 0.4) is 0 Å². The zero-order chi connectivity index (χ0) is 18.1. The van der Waals surface area contributed by atoms with E-state index in [9.17, 15) is 9.18 Å². The lowest BCUT2D eigenvalue weighted by Gasteiger charge is -2.20. The molecule has 3 rings (SSSR count). The van der Waals surface area contributed by atoms with Gasteiger partial charge in [0.25, 0.3) is 0 Å². The molecule has 1 aliphatic heterocycles. The second-order valence-corrected chi connectivity index (χ2v) is 7.52. The van der Waals surface area contributed by atoms with E-state index in [2.05, 4.69) is 25.6 Å². The fraction of sp³-hybridized carbons (Fsp3) is 0.278. The van der Waals surface area contributed by atoms with Crippen LogP contribution in [0.2, 0.25) is 10.0 Å². The van der Waals surface area contributed by atoms with Crippen molar-refractivity contribution in [3.63, 3.8) is 0 Å². The molecule has 1 saturated heterocycles. The van der Waals surface area contributed by atoms with Gasteiger partial charge in [0.2, 0.25) is 0 Å². The summed E-state index contributed by atoms with van der Waals surface area (Å²) in [6, 6.07) is 8.86. The Labute approximate surface area is 163 Å². The van der Waals surface area contributed by atoms with E-state index in [0.29, 0.717) is 26.6 Å². The minimum absolute atomic E-state index is 0.0223. The summed E-state index contributed by atoms with van der Waals surface area (Å²) < 4.78 is 20.0. The standard InChI is InChI=1S/C18H15BrCl2FNO2/c1-25-18(24)16-13(19)4-3-12(17(16)22)10-6-7-23(9-10)11-2-5-14(20)15(21)8-11/h2-5,8,10H,6-7,9H2,1H3. The van der Waals surface area contributed by atoms with Gasteiger partial charge in [-0.15, -0.1) is 0 Å². The van der Waals surface area contributed by atoms with E-state index < -0.39 is 11.8 Å². The van der Waals surface area contributed by atoms with E-state index in [1.54, 1.807) is 18.2 Å². The predicted molar refractivity (Wildman–Crippen MR) is 101 cm³/mol.